The van der Waals surface area contributed by atoms with E-state index in [1.54, 1.807) is 0 Å². The summed E-state index contributed by atoms with van der Waals surface area (Å²) in [5, 5.41) is 42.2. The second-order valence-electron chi connectivity index (χ2n) is 31.0. The van der Waals surface area contributed by atoms with Crippen LogP contribution in [0.2, 0.25) is 0 Å². The van der Waals surface area contributed by atoms with Gasteiger partial charge in [-0.15, -0.1) is 0 Å². The van der Waals surface area contributed by atoms with Crippen molar-refractivity contribution in [1.29, 1.82) is 0 Å². The molecule has 8 aromatic heterocycles. The van der Waals surface area contributed by atoms with Crippen molar-refractivity contribution in [2.45, 2.75) is 6.42 Å². The van der Waals surface area contributed by atoms with E-state index in [1.165, 1.54) is 239 Å². The van der Waals surface area contributed by atoms with E-state index < -0.39 is 0 Å². The first-order valence-corrected chi connectivity index (χ1v) is 39.3. The molecule has 129 heavy (non-hydrogen) atoms. The number of allylic oxidation sites excluding steroid dienone is 4. The second-order valence-corrected chi connectivity index (χ2v) is 31.0. The lowest BCUT2D eigenvalue weighted by atomic mass is 10.0. The van der Waals surface area contributed by atoms with Gasteiger partial charge < -0.3 is 105 Å². The summed E-state index contributed by atoms with van der Waals surface area (Å²) in [6.07, 6.45) is 9.50. The van der Waals surface area contributed by atoms with Crippen LogP contribution in [0.5, 0.6) is 0 Å². The maximum atomic E-state index is 2.47. The van der Waals surface area contributed by atoms with Gasteiger partial charge in [0.2, 0.25) is 0 Å². The highest BCUT2D eigenvalue weighted by molar-refractivity contribution is 6.31. The number of para-hydroxylation sites is 4. The number of rotatable bonds is 0. The predicted molar refractivity (Wildman–Crippen MR) is 545 cm³/mol. The predicted octanol–water partition coefficient (Wildman–Crippen LogP) is 16.9. The third kappa shape index (κ3) is 14.3. The van der Waals surface area contributed by atoms with E-state index in [0.29, 0.717) is 0 Å². The van der Waals surface area contributed by atoms with E-state index in [2.05, 4.69) is 406 Å². The molecule has 0 bridgehead atoms. The maximum Gasteiger partial charge on any atom is 0.0620 e. The lowest BCUT2D eigenvalue weighted by molar-refractivity contribution is 0.823. The quantitative estimate of drug-likeness (QED) is 0.137. The van der Waals surface area contributed by atoms with E-state index in [1.807, 2.05) is 0 Å². The molecule has 0 radical (unpaired) electrons. The Kier molecular flexibility index (Phi) is 28.2. The van der Waals surface area contributed by atoms with Gasteiger partial charge in [0.1, 0.15) is 0 Å². The Balaban J connectivity index is 0.000000183. The number of nitrogens with zero attached hydrogens (tertiary/aromatic N) is 4. The summed E-state index contributed by atoms with van der Waals surface area (Å²) in [5.41, 5.74) is 15.7. The smallest absolute Gasteiger partial charge is 0.0620 e. The minimum absolute atomic E-state index is 0. The topological polar surface area (TPSA) is 522 Å². The summed E-state index contributed by atoms with van der Waals surface area (Å²) >= 11 is 0. The summed E-state index contributed by atoms with van der Waals surface area (Å²) in [6, 6.07) is 134. The summed E-state index contributed by atoms with van der Waals surface area (Å²) < 4.78 is 9.87. The van der Waals surface area contributed by atoms with Crippen molar-refractivity contribution in [3.05, 3.63) is 388 Å². The number of aromatic nitrogens is 4. The number of hydrogen-bond acceptors (Lipinski definition) is 0. The van der Waals surface area contributed by atoms with Crippen LogP contribution in [0.3, 0.4) is 0 Å². The molecule has 32 N–H and O–H groups in total. The van der Waals surface area contributed by atoms with Crippen LogP contribution < -0.4 is 0 Å². The summed E-state index contributed by atoms with van der Waals surface area (Å²) in [7, 11) is 0. The highest BCUT2D eigenvalue weighted by Crippen LogP contribution is 2.47. The zero-order valence-corrected chi connectivity index (χ0v) is 69.4. The molecule has 28 aromatic rings. The molecule has 0 spiro atoms. The number of benzene rings is 20. The molecule has 1 aliphatic rings. The Morgan fingerprint density at radius 1 is 0.124 bits per heavy atom. The van der Waals surface area contributed by atoms with Crippen molar-refractivity contribution in [2.24, 2.45) is 0 Å². The number of hydrogen-bond donors (Lipinski definition) is 0. The first-order chi connectivity index (χ1) is 56.0. The van der Waals surface area contributed by atoms with Crippen LogP contribution in [0.4, 0.5) is 0 Å². The van der Waals surface area contributed by atoms with Gasteiger partial charge in [-0.3, -0.25) is 0 Å². The summed E-state index contributed by atoms with van der Waals surface area (Å²) in [6.45, 7) is 0. The highest BCUT2D eigenvalue weighted by Gasteiger charge is 2.24. The van der Waals surface area contributed by atoms with Gasteiger partial charge in [-0.05, 0) is 190 Å². The molecule has 650 valence electrons. The molecule has 20 aromatic carbocycles. The zero-order chi connectivity index (χ0) is 73.7. The SMILES string of the molecule is C1=CCC=C1.O.O.O.O.O.O.O.O.O.O.O.O.O.O.O.O.c1ccc2cc3c(cc2c1)c1cccc2c4cc5ccccc5cc4n3c12.c1ccc2cc3c(cc2c1)c1cccc2c4cc5ccccc5cc4n3c12.c1ccc2cc3c(cc2c1)c1cccc2c4cc5ccccc5cc4n3c12.c1ccc2cc3c(cc2c1)c1cccc2c4cc5ccccc5cc4n3c12. The van der Waals surface area contributed by atoms with Crippen LogP contribution in [0.25, 0.3) is 239 Å². The third-order valence-corrected chi connectivity index (χ3v) is 24.9. The Bertz CT molecular complexity index is 7490. The van der Waals surface area contributed by atoms with E-state index in [-0.39, 0.29) is 87.6 Å². The standard InChI is InChI=1S/4C26H15N.C5H6.16H2O/c4*1-3-8-18-14-24-22(12-16(18)6-1)20-10-5-11-21-23-13-17-7-2-4-9-19(17)15-25(23)27(24)26(20)21;1-2-4-5-3-1;;;;;;;;;;;;;;;;/h4*1-15H;1-4H,5H2;16*1H2. The monoisotopic (exact) mass is 1720 g/mol. The molecule has 8 heterocycles. The van der Waals surface area contributed by atoms with Crippen molar-refractivity contribution >= 4 is 239 Å². The van der Waals surface area contributed by atoms with Crippen LogP contribution in [-0.2, 0) is 0 Å². The second kappa shape index (κ2) is 37.4. The van der Waals surface area contributed by atoms with E-state index in [0.717, 1.165) is 6.42 Å². The molecule has 20 nitrogen and oxygen atoms in total. The van der Waals surface area contributed by atoms with Crippen LogP contribution in [0.15, 0.2) is 388 Å². The largest absolute Gasteiger partial charge is 0.412 e. The van der Waals surface area contributed by atoms with Crippen LogP contribution in [0, 0.1) is 0 Å². The van der Waals surface area contributed by atoms with Gasteiger partial charge in [-0.1, -0.05) is 291 Å². The maximum absolute atomic E-state index is 2.47. The molecule has 0 aliphatic heterocycles. The van der Waals surface area contributed by atoms with Gasteiger partial charge in [-0.25, -0.2) is 0 Å². The Morgan fingerprint density at radius 3 is 0.349 bits per heavy atom. The summed E-state index contributed by atoms with van der Waals surface area (Å²) in [4.78, 5) is 0. The van der Waals surface area contributed by atoms with Gasteiger partial charge in [0, 0.05) is 86.2 Å². The van der Waals surface area contributed by atoms with Gasteiger partial charge in [-0.2, -0.15) is 0 Å². The van der Waals surface area contributed by atoms with Crippen molar-refractivity contribution in [1.82, 2.24) is 17.6 Å². The van der Waals surface area contributed by atoms with E-state index >= 15 is 0 Å². The summed E-state index contributed by atoms with van der Waals surface area (Å²) in [5.74, 6) is 0. The van der Waals surface area contributed by atoms with E-state index in [9.17, 15) is 0 Å². The Hall–Kier alpha value is -15.5. The molecule has 0 fully saturated rings. The van der Waals surface area contributed by atoms with Crippen molar-refractivity contribution in [2.75, 3.05) is 0 Å². The molecule has 0 amide bonds. The van der Waals surface area contributed by atoms with Gasteiger partial charge in [0.05, 0.1) is 66.2 Å². The van der Waals surface area contributed by atoms with Crippen LogP contribution >= 0.6 is 0 Å². The minimum atomic E-state index is 0. The lowest BCUT2D eigenvalue weighted by Gasteiger charge is -2.03. The molecule has 1 aliphatic carbocycles. The molecule has 29 rings (SSSR count). The Morgan fingerprint density at radius 2 is 0.240 bits per heavy atom. The fraction of sp³-hybridized carbons (Fsp3) is 0.00917. The van der Waals surface area contributed by atoms with Crippen LogP contribution in [0.1, 0.15) is 6.42 Å². The van der Waals surface area contributed by atoms with Crippen molar-refractivity contribution < 1.29 is 87.6 Å². The zero-order valence-electron chi connectivity index (χ0n) is 69.4. The molecule has 0 saturated carbocycles. The van der Waals surface area contributed by atoms with Crippen molar-refractivity contribution in [3.63, 3.8) is 0 Å². The van der Waals surface area contributed by atoms with Gasteiger partial charge in [0.15, 0.2) is 0 Å². The van der Waals surface area contributed by atoms with Gasteiger partial charge in [0.25, 0.3) is 0 Å². The average Bonchev–Trinajstić information content (AvgIpc) is 1.56. The van der Waals surface area contributed by atoms with E-state index in [4.69, 9.17) is 0 Å². The number of fused-ring (bicyclic) bond motifs is 32. The fourth-order valence-electron chi connectivity index (χ4n) is 19.8. The molecule has 20 heteroatoms. The highest BCUT2D eigenvalue weighted by atomic mass is 16.0. The normalized spacial score (nSPS) is 11.1. The molecule has 0 unspecified atom stereocenters. The average molecular weight is 1720 g/mol. The fourth-order valence-corrected chi connectivity index (χ4v) is 19.8. The first-order valence-electron chi connectivity index (χ1n) is 39.3. The molecule has 0 atom stereocenters. The first kappa shape index (κ1) is 97.3. The van der Waals surface area contributed by atoms with Crippen LogP contribution in [-0.4, -0.2) is 105 Å². The molecular weight excluding hydrogens is 1620 g/mol. The third-order valence-electron chi connectivity index (χ3n) is 24.9. The van der Waals surface area contributed by atoms with Crippen molar-refractivity contribution in [3.8, 4) is 0 Å². The van der Waals surface area contributed by atoms with Gasteiger partial charge >= 0.3 is 0 Å². The Labute approximate surface area is 734 Å². The molecular formula is C109H98N4O16. The molecule has 0 saturated heterocycles. The lowest BCUT2D eigenvalue weighted by Crippen LogP contribution is -1.82. The minimum Gasteiger partial charge on any atom is -0.412 e.